The first kappa shape index (κ1) is 32.0. The quantitative estimate of drug-likeness (QED) is 0.430. The van der Waals surface area contributed by atoms with Gasteiger partial charge >= 0.3 is 162 Å². The van der Waals surface area contributed by atoms with Gasteiger partial charge < -0.3 is 0 Å². The topological polar surface area (TPSA) is 112 Å². The van der Waals surface area contributed by atoms with Crippen molar-refractivity contribution in [1.82, 2.24) is 4.90 Å². The maximum atomic E-state index is 7.50. The summed E-state index contributed by atoms with van der Waals surface area (Å²) in [5.74, 6) is 0. The average molecular weight is 401 g/mol. The van der Waals surface area contributed by atoms with Gasteiger partial charge in [-0.05, 0) is 0 Å². The minimum absolute atomic E-state index is 0.226. The fourth-order valence-electron chi connectivity index (χ4n) is 2.32. The summed E-state index contributed by atoms with van der Waals surface area (Å²) in [6.45, 7) is 29.6. The van der Waals surface area contributed by atoms with Crippen LogP contribution in [0.25, 0.3) is 0 Å². The molecule has 0 amide bonds. The number of nitrogens with zero attached hydrogens (tertiary/aromatic N) is 1. The first-order valence-electron chi connectivity index (χ1n) is 6.53. The molecule has 0 unspecified atom stereocenters. The molecular weight excluding hydrogens is 384 g/mol. The van der Waals surface area contributed by atoms with Crippen molar-refractivity contribution >= 4 is 4.50 Å². The van der Waals surface area contributed by atoms with Gasteiger partial charge in [-0.1, -0.05) is 0 Å². The molecule has 8 heteroatoms. The molecule has 2 rings (SSSR count). The molecule has 0 aromatic heterocycles. The van der Waals surface area contributed by atoms with E-state index in [0.717, 1.165) is 6.61 Å². The molecular formula is C18H17CrNO6. The summed E-state index contributed by atoms with van der Waals surface area (Å²) in [6.07, 6.45) is 0. The Labute approximate surface area is 161 Å². The molecule has 136 valence electrons. The molecule has 0 saturated carbocycles. The summed E-state index contributed by atoms with van der Waals surface area (Å²) in [7, 11) is 0. The second-order valence-corrected chi connectivity index (χ2v) is 5.50. The predicted octanol–water partition coefficient (Wildman–Crippen LogP) is 2.31. The molecule has 0 aliphatic carbocycles. The molecule has 1 aliphatic heterocycles. The molecule has 0 radical (unpaired) electrons. The van der Waals surface area contributed by atoms with E-state index in [4.69, 9.17) is 28.0 Å². The number of hydrogen-bond donors (Lipinski definition) is 0. The van der Waals surface area contributed by atoms with Crippen LogP contribution in [0.4, 0.5) is 0 Å². The summed E-state index contributed by atoms with van der Waals surface area (Å²) >= 11 is 3.10. The summed E-state index contributed by atoms with van der Waals surface area (Å²) < 4.78 is 44.5. The fraction of sp³-hybridized carbons (Fsp3) is 0.333. The summed E-state index contributed by atoms with van der Waals surface area (Å²) in [4.78, 5) is 2.31. The molecule has 1 heterocycles. The van der Waals surface area contributed by atoms with E-state index >= 15 is 0 Å². The Hall–Kier alpha value is -1.76. The van der Waals surface area contributed by atoms with E-state index in [2.05, 4.69) is 99.0 Å². The Kier molecular flexibility index (Phi) is 26.2. The summed E-state index contributed by atoms with van der Waals surface area (Å²) in [5, 5.41) is 0. The third-order valence-electron chi connectivity index (χ3n) is 3.01. The van der Waals surface area contributed by atoms with Gasteiger partial charge in [-0.3, -0.25) is 0 Å². The minimum atomic E-state index is -0.226. The molecule has 1 saturated heterocycles. The monoisotopic (exact) mass is 401 g/mol. The number of hydrogen-bond acceptors (Lipinski definition) is 2. The average Bonchev–Trinajstić information content (AvgIpc) is 3.05. The SMILES string of the molecule is C[13C](=[Cr])N1[C@H](c2ccccc2)COC1(C)C.[13C-]#[O+].[13C-]#[O+].[13C-]#[O+].[13C-]#[O+].[13C-]#[O+]. The molecule has 1 atom stereocenters. The van der Waals surface area contributed by atoms with Crippen molar-refractivity contribution in [3.8, 4) is 0 Å². The van der Waals surface area contributed by atoms with E-state index in [9.17, 15) is 0 Å². The van der Waals surface area contributed by atoms with Crippen LogP contribution in [0, 0.1) is 33.3 Å². The number of rotatable bonds is 2. The summed E-state index contributed by atoms with van der Waals surface area (Å²) in [6, 6.07) is 10.8. The van der Waals surface area contributed by atoms with Gasteiger partial charge in [-0.15, -0.1) is 0 Å². The molecule has 26 heavy (non-hydrogen) atoms. The van der Waals surface area contributed by atoms with E-state index in [-0.39, 0.29) is 5.72 Å². The van der Waals surface area contributed by atoms with Gasteiger partial charge in [0, 0.05) is 0 Å². The van der Waals surface area contributed by atoms with Gasteiger partial charge in [-0.25, -0.2) is 0 Å². The van der Waals surface area contributed by atoms with Crippen LogP contribution in [-0.4, -0.2) is 21.7 Å². The van der Waals surface area contributed by atoms with Crippen LogP contribution in [0.1, 0.15) is 32.4 Å². The molecule has 7 nitrogen and oxygen atoms in total. The number of ether oxygens (including phenoxy) is 1. The molecule has 0 bridgehead atoms. The van der Waals surface area contributed by atoms with E-state index < -0.39 is 0 Å². The van der Waals surface area contributed by atoms with Crippen LogP contribution < -0.4 is 0 Å². The summed E-state index contributed by atoms with van der Waals surface area (Å²) in [5.41, 5.74) is 1.08. The maximum absolute atomic E-state index is 7.50. The Balaban J connectivity index is -0.000000210. The van der Waals surface area contributed by atoms with Crippen molar-refractivity contribution in [3.63, 3.8) is 0 Å². The first-order valence-corrected chi connectivity index (χ1v) is 7.17. The van der Waals surface area contributed by atoms with Gasteiger partial charge in [0.1, 0.15) is 0 Å². The van der Waals surface area contributed by atoms with Gasteiger partial charge in [0.05, 0.1) is 0 Å². The number of benzene rings is 1. The van der Waals surface area contributed by atoms with Crippen LogP contribution in [-0.2, 0) is 43.8 Å². The Morgan fingerprint density at radius 3 is 1.69 bits per heavy atom. The normalized spacial score (nSPS) is 15.5. The van der Waals surface area contributed by atoms with Crippen molar-refractivity contribution in [2.24, 2.45) is 0 Å². The van der Waals surface area contributed by atoms with E-state index in [1.54, 1.807) is 0 Å². The Morgan fingerprint density at radius 2 is 1.35 bits per heavy atom. The van der Waals surface area contributed by atoms with Crippen LogP contribution in [0.5, 0.6) is 0 Å². The Morgan fingerprint density at radius 1 is 0.962 bits per heavy atom. The van der Waals surface area contributed by atoms with Crippen molar-refractivity contribution in [1.29, 1.82) is 0 Å². The molecule has 1 aromatic carbocycles. The van der Waals surface area contributed by atoms with Crippen LogP contribution in [0.15, 0.2) is 30.3 Å². The zero-order chi connectivity index (χ0) is 21.8. The molecule has 1 fully saturated rings. The van der Waals surface area contributed by atoms with Crippen molar-refractivity contribution in [2.45, 2.75) is 32.5 Å². The standard InChI is InChI=1S/C13H17NO.5CO.Cr/c1-4-14-12(10-15-13(14,2)3)11-8-6-5-7-9-11;5*1-2;/h5-9,12H,10H2,1-3H3;;;;;;/t12-;;;;;;/m0....../s1/i4+1;5*1+1;. The van der Waals surface area contributed by atoms with E-state index in [1.165, 1.54) is 10.1 Å². The molecule has 1 aromatic rings. The second kappa shape index (κ2) is 21.3. The Bertz CT molecular complexity index is 554. The van der Waals surface area contributed by atoms with Crippen molar-refractivity contribution in [2.75, 3.05) is 6.61 Å². The zero-order valence-corrected chi connectivity index (χ0v) is 15.8. The van der Waals surface area contributed by atoms with Gasteiger partial charge in [-0.2, -0.15) is 0 Å². The first-order chi connectivity index (χ1) is 12.5. The van der Waals surface area contributed by atoms with Crippen molar-refractivity contribution in [3.05, 3.63) is 69.1 Å². The van der Waals surface area contributed by atoms with Crippen LogP contribution in [0.3, 0.4) is 0 Å². The van der Waals surface area contributed by atoms with Gasteiger partial charge in [0.2, 0.25) is 0 Å². The van der Waals surface area contributed by atoms with Gasteiger partial charge in [0.25, 0.3) is 0 Å². The van der Waals surface area contributed by atoms with Crippen molar-refractivity contribution < 1.29 is 43.8 Å². The molecule has 0 spiro atoms. The van der Waals surface area contributed by atoms with E-state index in [1.807, 2.05) is 6.07 Å². The third-order valence-corrected chi connectivity index (χ3v) is 3.32. The third kappa shape index (κ3) is 11.0. The fourth-order valence-corrected chi connectivity index (χ4v) is 2.86. The van der Waals surface area contributed by atoms with E-state index in [0.29, 0.717) is 6.04 Å². The van der Waals surface area contributed by atoms with Crippen LogP contribution in [0.2, 0.25) is 0 Å². The van der Waals surface area contributed by atoms with Crippen LogP contribution >= 0.6 is 0 Å². The molecule has 0 N–H and O–H groups in total. The second-order valence-electron chi connectivity index (χ2n) is 4.57. The molecule has 1 aliphatic rings. The predicted molar refractivity (Wildman–Crippen MR) is 81.4 cm³/mol. The zero-order valence-electron chi connectivity index (χ0n) is 14.5. The van der Waals surface area contributed by atoms with Gasteiger partial charge in [0.15, 0.2) is 0 Å².